The van der Waals surface area contributed by atoms with Gasteiger partial charge < -0.3 is 10.5 Å². The SMILES string of the molecule is CC(c1ccccc1OC(F)F)N1CCC(N)CC1. The molecular formula is C14H20F2N2O. The third-order valence-corrected chi connectivity index (χ3v) is 3.71. The molecule has 1 saturated heterocycles. The molecule has 1 heterocycles. The number of halogens is 2. The Morgan fingerprint density at radius 2 is 1.89 bits per heavy atom. The van der Waals surface area contributed by atoms with Crippen LogP contribution in [0.15, 0.2) is 24.3 Å². The standard InChI is InChI=1S/C14H20F2N2O/c1-10(18-8-6-11(17)7-9-18)12-4-2-3-5-13(12)19-14(15)16/h2-5,10-11,14H,6-9,17H2,1H3. The molecule has 1 aromatic carbocycles. The lowest BCUT2D eigenvalue weighted by Gasteiger charge is -2.35. The quantitative estimate of drug-likeness (QED) is 0.914. The van der Waals surface area contributed by atoms with Gasteiger partial charge in [0.25, 0.3) is 0 Å². The van der Waals surface area contributed by atoms with Gasteiger partial charge >= 0.3 is 6.61 Å². The van der Waals surface area contributed by atoms with Crippen LogP contribution in [0.25, 0.3) is 0 Å². The van der Waals surface area contributed by atoms with Crippen LogP contribution in [0.5, 0.6) is 5.75 Å². The summed E-state index contributed by atoms with van der Waals surface area (Å²) < 4.78 is 29.4. The van der Waals surface area contributed by atoms with Crippen LogP contribution in [0.3, 0.4) is 0 Å². The van der Waals surface area contributed by atoms with E-state index in [1.807, 2.05) is 19.1 Å². The van der Waals surface area contributed by atoms with Gasteiger partial charge in [-0.05, 0) is 25.8 Å². The largest absolute Gasteiger partial charge is 0.434 e. The Kier molecular flexibility index (Phi) is 4.71. The van der Waals surface area contributed by atoms with E-state index in [0.29, 0.717) is 0 Å². The number of ether oxygens (including phenoxy) is 1. The third kappa shape index (κ3) is 3.64. The molecule has 1 aromatic rings. The average molecular weight is 270 g/mol. The Labute approximate surface area is 112 Å². The van der Waals surface area contributed by atoms with E-state index in [1.165, 1.54) is 0 Å². The van der Waals surface area contributed by atoms with Crippen molar-refractivity contribution in [2.24, 2.45) is 5.73 Å². The Bertz CT molecular complexity index is 406. The molecule has 106 valence electrons. The molecule has 1 aliphatic rings. The van der Waals surface area contributed by atoms with Crippen molar-refractivity contribution in [2.75, 3.05) is 13.1 Å². The first-order valence-corrected chi connectivity index (χ1v) is 6.61. The summed E-state index contributed by atoms with van der Waals surface area (Å²) in [6.07, 6.45) is 1.89. The summed E-state index contributed by atoms with van der Waals surface area (Å²) in [6, 6.07) is 7.31. The number of benzene rings is 1. The van der Waals surface area contributed by atoms with Crippen molar-refractivity contribution in [2.45, 2.75) is 38.5 Å². The smallest absolute Gasteiger partial charge is 0.387 e. The van der Waals surface area contributed by atoms with Crippen LogP contribution in [-0.4, -0.2) is 30.6 Å². The summed E-state index contributed by atoms with van der Waals surface area (Å²) in [5.41, 5.74) is 6.69. The van der Waals surface area contributed by atoms with Crippen LogP contribution in [0.2, 0.25) is 0 Å². The number of rotatable bonds is 4. The van der Waals surface area contributed by atoms with E-state index >= 15 is 0 Å². The van der Waals surface area contributed by atoms with Gasteiger partial charge in [0.15, 0.2) is 0 Å². The fourth-order valence-corrected chi connectivity index (χ4v) is 2.53. The number of likely N-dealkylation sites (tertiary alicyclic amines) is 1. The van der Waals surface area contributed by atoms with Crippen LogP contribution < -0.4 is 10.5 Å². The molecule has 0 radical (unpaired) electrons. The lowest BCUT2D eigenvalue weighted by atomic mass is 10.0. The summed E-state index contributed by atoms with van der Waals surface area (Å²) in [6.45, 7) is 1.02. The van der Waals surface area contributed by atoms with E-state index in [-0.39, 0.29) is 17.8 Å². The zero-order valence-electron chi connectivity index (χ0n) is 11.1. The molecule has 3 nitrogen and oxygen atoms in total. The maximum atomic E-state index is 12.4. The van der Waals surface area contributed by atoms with Crippen LogP contribution in [0.1, 0.15) is 31.4 Å². The highest BCUT2D eigenvalue weighted by molar-refractivity contribution is 5.35. The minimum atomic E-state index is -2.79. The zero-order chi connectivity index (χ0) is 13.8. The number of hydrogen-bond acceptors (Lipinski definition) is 3. The molecule has 2 rings (SSSR count). The fraction of sp³-hybridized carbons (Fsp3) is 0.571. The number of piperidine rings is 1. The van der Waals surface area contributed by atoms with Crippen molar-refractivity contribution in [1.82, 2.24) is 4.90 Å². The minimum absolute atomic E-state index is 0.0578. The second kappa shape index (κ2) is 6.30. The van der Waals surface area contributed by atoms with Gasteiger partial charge in [0, 0.05) is 30.7 Å². The highest BCUT2D eigenvalue weighted by Gasteiger charge is 2.24. The van der Waals surface area contributed by atoms with Crippen molar-refractivity contribution in [3.63, 3.8) is 0 Å². The Morgan fingerprint density at radius 1 is 1.26 bits per heavy atom. The second-order valence-electron chi connectivity index (χ2n) is 4.97. The highest BCUT2D eigenvalue weighted by Crippen LogP contribution is 2.31. The van der Waals surface area contributed by atoms with Gasteiger partial charge in [-0.15, -0.1) is 0 Å². The summed E-state index contributed by atoms with van der Waals surface area (Å²) in [5, 5.41) is 0. The molecule has 0 aliphatic carbocycles. The molecule has 1 atom stereocenters. The summed E-state index contributed by atoms with van der Waals surface area (Å²) >= 11 is 0. The summed E-state index contributed by atoms with van der Waals surface area (Å²) in [4.78, 5) is 2.26. The van der Waals surface area contributed by atoms with Crippen LogP contribution >= 0.6 is 0 Å². The predicted molar refractivity (Wildman–Crippen MR) is 70.3 cm³/mol. The molecule has 19 heavy (non-hydrogen) atoms. The molecule has 0 aromatic heterocycles. The lowest BCUT2D eigenvalue weighted by molar-refractivity contribution is -0.0511. The highest BCUT2D eigenvalue weighted by atomic mass is 19.3. The zero-order valence-corrected chi connectivity index (χ0v) is 11.1. The van der Waals surface area contributed by atoms with E-state index in [1.54, 1.807) is 12.1 Å². The predicted octanol–water partition coefficient (Wildman–Crippen LogP) is 2.77. The van der Waals surface area contributed by atoms with E-state index in [4.69, 9.17) is 5.73 Å². The van der Waals surface area contributed by atoms with Gasteiger partial charge in [0.2, 0.25) is 0 Å². The number of nitrogens with zero attached hydrogens (tertiary/aromatic N) is 1. The molecule has 0 saturated carbocycles. The van der Waals surface area contributed by atoms with Crippen LogP contribution in [0, 0.1) is 0 Å². The van der Waals surface area contributed by atoms with E-state index in [9.17, 15) is 8.78 Å². The first-order valence-electron chi connectivity index (χ1n) is 6.61. The lowest BCUT2D eigenvalue weighted by Crippen LogP contribution is -2.40. The normalized spacial score (nSPS) is 19.6. The van der Waals surface area contributed by atoms with Gasteiger partial charge in [0.1, 0.15) is 5.75 Å². The molecule has 2 N–H and O–H groups in total. The van der Waals surface area contributed by atoms with Crippen molar-refractivity contribution in [3.05, 3.63) is 29.8 Å². The topological polar surface area (TPSA) is 38.5 Å². The molecule has 0 spiro atoms. The first-order chi connectivity index (χ1) is 9.08. The molecule has 1 aliphatic heterocycles. The van der Waals surface area contributed by atoms with Crippen LogP contribution in [0.4, 0.5) is 8.78 Å². The van der Waals surface area contributed by atoms with Gasteiger partial charge in [-0.2, -0.15) is 8.78 Å². The number of nitrogens with two attached hydrogens (primary N) is 1. The Morgan fingerprint density at radius 3 is 2.53 bits per heavy atom. The molecule has 0 bridgehead atoms. The molecular weight excluding hydrogens is 250 g/mol. The third-order valence-electron chi connectivity index (χ3n) is 3.71. The fourth-order valence-electron chi connectivity index (χ4n) is 2.53. The maximum absolute atomic E-state index is 12.4. The van der Waals surface area contributed by atoms with E-state index < -0.39 is 6.61 Å². The monoisotopic (exact) mass is 270 g/mol. The molecule has 0 amide bonds. The summed E-state index contributed by atoms with van der Waals surface area (Å²) in [7, 11) is 0. The van der Waals surface area contributed by atoms with E-state index in [2.05, 4.69) is 9.64 Å². The van der Waals surface area contributed by atoms with Gasteiger partial charge in [0.05, 0.1) is 0 Å². The Balaban J connectivity index is 2.11. The van der Waals surface area contributed by atoms with Gasteiger partial charge in [-0.3, -0.25) is 4.90 Å². The Hall–Kier alpha value is -1.20. The van der Waals surface area contributed by atoms with Crippen molar-refractivity contribution in [1.29, 1.82) is 0 Å². The summed E-state index contributed by atoms with van der Waals surface area (Å²) in [5.74, 6) is 0.264. The number of hydrogen-bond donors (Lipinski definition) is 1. The minimum Gasteiger partial charge on any atom is -0.434 e. The number of para-hydroxylation sites is 1. The van der Waals surface area contributed by atoms with E-state index in [0.717, 1.165) is 31.5 Å². The molecule has 1 fully saturated rings. The molecule has 1 unspecified atom stereocenters. The van der Waals surface area contributed by atoms with Crippen molar-refractivity contribution in [3.8, 4) is 5.75 Å². The van der Waals surface area contributed by atoms with Gasteiger partial charge in [-0.1, -0.05) is 18.2 Å². The van der Waals surface area contributed by atoms with Crippen LogP contribution in [-0.2, 0) is 0 Å². The number of alkyl halides is 2. The average Bonchev–Trinajstić information content (AvgIpc) is 2.39. The molecule has 5 heteroatoms. The maximum Gasteiger partial charge on any atom is 0.387 e. The first kappa shape index (κ1) is 14.2. The second-order valence-corrected chi connectivity index (χ2v) is 4.97. The van der Waals surface area contributed by atoms with Crippen molar-refractivity contribution < 1.29 is 13.5 Å². The van der Waals surface area contributed by atoms with Crippen molar-refractivity contribution >= 4 is 0 Å². The van der Waals surface area contributed by atoms with Gasteiger partial charge in [-0.25, -0.2) is 0 Å².